The predicted octanol–water partition coefficient (Wildman–Crippen LogP) is 2.39. The molecule has 0 aliphatic heterocycles. The molecule has 13 heteroatoms. The van der Waals surface area contributed by atoms with Crippen molar-refractivity contribution in [3.8, 4) is 17.2 Å². The second kappa shape index (κ2) is 12.3. The second-order valence-corrected chi connectivity index (χ2v) is 8.29. The molecule has 0 aliphatic carbocycles. The molecular weight excluding hydrogens is 478 g/mol. The van der Waals surface area contributed by atoms with Crippen LogP contribution in [0, 0.1) is 6.92 Å². The van der Waals surface area contributed by atoms with E-state index in [0.29, 0.717) is 23.9 Å². The van der Waals surface area contributed by atoms with E-state index in [-0.39, 0.29) is 19.0 Å². The Morgan fingerprint density at radius 2 is 1.79 bits per heavy atom. The summed E-state index contributed by atoms with van der Waals surface area (Å²) in [6.07, 6.45) is 0. The summed E-state index contributed by atoms with van der Waals surface area (Å²) >= 11 is 1.61. The normalized spacial score (nSPS) is 10.7. The zero-order valence-corrected chi connectivity index (χ0v) is 20.7. The molecule has 0 atom stereocenters. The Morgan fingerprint density at radius 1 is 1.00 bits per heavy atom. The topological polar surface area (TPSA) is 118 Å². The van der Waals surface area contributed by atoms with Crippen molar-refractivity contribution in [2.75, 3.05) is 19.4 Å². The summed E-state index contributed by atoms with van der Waals surface area (Å²) in [6, 6.07) is 13.8. The van der Waals surface area contributed by atoms with Gasteiger partial charge >= 0.3 is 0 Å². The van der Waals surface area contributed by atoms with Gasteiger partial charge in [0.2, 0.25) is 5.16 Å². The molecule has 0 unspecified atom stereocenters. The van der Waals surface area contributed by atoms with Gasteiger partial charge in [-0.15, -0.1) is 22.6 Å². The summed E-state index contributed by atoms with van der Waals surface area (Å²) in [6.45, 7) is 3.78. The molecule has 1 N–H and O–H groups in total. The van der Waals surface area contributed by atoms with Gasteiger partial charge in [-0.2, -0.15) is 4.68 Å². The Morgan fingerprint density at radius 3 is 2.53 bits per heavy atom. The van der Waals surface area contributed by atoms with Crippen molar-refractivity contribution in [1.29, 1.82) is 0 Å². The second-order valence-electron chi connectivity index (χ2n) is 7.23. The predicted molar refractivity (Wildman–Crippen MR) is 130 cm³/mol. The van der Waals surface area contributed by atoms with Crippen LogP contribution in [0.1, 0.15) is 17.0 Å². The molecule has 0 radical (unpaired) electrons. The lowest BCUT2D eigenvalue weighted by atomic mass is 10.2. The molecule has 0 saturated carbocycles. The highest BCUT2D eigenvalue weighted by atomic mass is 35.5. The number of aryl methyl sites for hydroxylation is 2. The maximum absolute atomic E-state index is 5.98. The SMILES string of the molecule is COc1cc(CNCCSc2nnnn2C)ccc1OCc1nnnn1-c1ccc(C)cc1.Cl. The third-order valence-electron chi connectivity index (χ3n) is 4.82. The van der Waals surface area contributed by atoms with Crippen molar-refractivity contribution >= 4 is 24.2 Å². The highest BCUT2D eigenvalue weighted by Gasteiger charge is 2.12. The van der Waals surface area contributed by atoms with Gasteiger partial charge < -0.3 is 14.8 Å². The van der Waals surface area contributed by atoms with Crippen molar-refractivity contribution in [1.82, 2.24) is 45.7 Å². The quantitative estimate of drug-likeness (QED) is 0.241. The number of nitrogens with one attached hydrogen (secondary N) is 1. The van der Waals surface area contributed by atoms with Crippen LogP contribution in [0.3, 0.4) is 0 Å². The first-order valence-electron chi connectivity index (χ1n) is 10.3. The van der Waals surface area contributed by atoms with Crippen LogP contribution >= 0.6 is 24.2 Å². The van der Waals surface area contributed by atoms with Crippen molar-refractivity contribution in [3.63, 3.8) is 0 Å². The van der Waals surface area contributed by atoms with E-state index in [1.165, 1.54) is 5.56 Å². The Balaban J connectivity index is 0.00000324. The minimum atomic E-state index is 0. The lowest BCUT2D eigenvalue weighted by molar-refractivity contribution is 0.273. The van der Waals surface area contributed by atoms with Crippen LogP contribution in [0.25, 0.3) is 5.69 Å². The van der Waals surface area contributed by atoms with Gasteiger partial charge in [-0.1, -0.05) is 35.5 Å². The maximum atomic E-state index is 5.98. The Hall–Kier alpha value is -3.22. The third kappa shape index (κ3) is 6.43. The monoisotopic (exact) mass is 503 g/mol. The smallest absolute Gasteiger partial charge is 0.209 e. The molecule has 0 amide bonds. The van der Waals surface area contributed by atoms with Crippen LogP contribution in [0.15, 0.2) is 47.6 Å². The van der Waals surface area contributed by atoms with Crippen molar-refractivity contribution in [2.45, 2.75) is 25.2 Å². The molecule has 0 aliphatic rings. The van der Waals surface area contributed by atoms with E-state index >= 15 is 0 Å². The summed E-state index contributed by atoms with van der Waals surface area (Å²) in [5.74, 6) is 2.75. The molecular formula is C21H26ClN9O2S. The number of nitrogens with zero attached hydrogens (tertiary/aromatic N) is 8. The number of hydrogen-bond donors (Lipinski definition) is 1. The number of rotatable bonds is 11. The van der Waals surface area contributed by atoms with Gasteiger partial charge in [0.15, 0.2) is 23.9 Å². The molecule has 0 bridgehead atoms. The number of halogens is 1. The lowest BCUT2D eigenvalue weighted by Gasteiger charge is -2.13. The zero-order valence-electron chi connectivity index (χ0n) is 19.1. The fourth-order valence-electron chi connectivity index (χ4n) is 3.06. The summed E-state index contributed by atoms with van der Waals surface area (Å²) < 4.78 is 14.8. The van der Waals surface area contributed by atoms with Gasteiger partial charge in [0.05, 0.1) is 12.8 Å². The van der Waals surface area contributed by atoms with E-state index in [0.717, 1.165) is 28.7 Å². The molecule has 0 spiro atoms. The Kier molecular flexibility index (Phi) is 9.19. The van der Waals surface area contributed by atoms with Crippen molar-refractivity contribution in [3.05, 3.63) is 59.4 Å². The van der Waals surface area contributed by atoms with E-state index in [1.54, 1.807) is 28.2 Å². The number of aromatic nitrogens is 8. The number of tetrazole rings is 2. The molecule has 0 fully saturated rings. The fraction of sp³-hybridized carbons (Fsp3) is 0.333. The van der Waals surface area contributed by atoms with Crippen molar-refractivity contribution in [2.24, 2.45) is 7.05 Å². The van der Waals surface area contributed by atoms with Crippen molar-refractivity contribution < 1.29 is 9.47 Å². The lowest BCUT2D eigenvalue weighted by Crippen LogP contribution is -2.17. The number of hydrogen-bond acceptors (Lipinski definition) is 10. The minimum Gasteiger partial charge on any atom is -0.493 e. The molecule has 2 aromatic carbocycles. The van der Waals surface area contributed by atoms with Gasteiger partial charge in [-0.25, -0.2) is 4.68 Å². The van der Waals surface area contributed by atoms with E-state index in [9.17, 15) is 0 Å². The summed E-state index contributed by atoms with van der Waals surface area (Å²) in [4.78, 5) is 0. The summed E-state index contributed by atoms with van der Waals surface area (Å²) in [5, 5.41) is 27.6. The molecule has 11 nitrogen and oxygen atoms in total. The van der Waals surface area contributed by atoms with Gasteiger partial charge in [-0.05, 0) is 57.6 Å². The number of methoxy groups -OCH3 is 1. The van der Waals surface area contributed by atoms with Crippen LogP contribution in [-0.2, 0) is 20.2 Å². The highest BCUT2D eigenvalue weighted by molar-refractivity contribution is 7.99. The fourth-order valence-corrected chi connectivity index (χ4v) is 3.80. The molecule has 2 heterocycles. The minimum absolute atomic E-state index is 0. The molecule has 180 valence electrons. The standard InChI is InChI=1S/C21H25N9O2S.ClH/c1-15-4-7-17(8-5-15)30-20(23-25-28-30)14-32-18-9-6-16(12-19(18)31-3)13-22-10-11-33-21-24-26-27-29(21)2;/h4-9,12,22H,10-11,13-14H2,1-3H3;1H. The van der Waals surface area contributed by atoms with Gasteiger partial charge in [-0.3, -0.25) is 0 Å². The van der Waals surface area contributed by atoms with E-state index in [2.05, 4.69) is 36.4 Å². The van der Waals surface area contributed by atoms with Crippen LogP contribution in [-0.4, -0.2) is 59.8 Å². The van der Waals surface area contributed by atoms with Gasteiger partial charge in [0, 0.05) is 25.9 Å². The highest BCUT2D eigenvalue weighted by Crippen LogP contribution is 2.29. The van der Waals surface area contributed by atoms with E-state index < -0.39 is 0 Å². The van der Waals surface area contributed by atoms with E-state index in [1.807, 2.05) is 56.4 Å². The summed E-state index contributed by atoms with van der Waals surface area (Å²) in [7, 11) is 3.45. The Bertz CT molecular complexity index is 1180. The van der Waals surface area contributed by atoms with Crippen LogP contribution in [0.2, 0.25) is 0 Å². The maximum Gasteiger partial charge on any atom is 0.209 e. The zero-order chi connectivity index (χ0) is 23.0. The first kappa shape index (κ1) is 25.4. The number of thioether (sulfide) groups is 1. The van der Waals surface area contributed by atoms with Crippen LogP contribution in [0.4, 0.5) is 0 Å². The molecule has 0 saturated heterocycles. The average Bonchev–Trinajstić information content (AvgIpc) is 3.47. The molecule has 34 heavy (non-hydrogen) atoms. The number of ether oxygens (including phenoxy) is 2. The first-order chi connectivity index (χ1) is 16.1. The van der Waals surface area contributed by atoms with Crippen LogP contribution < -0.4 is 14.8 Å². The summed E-state index contributed by atoms with van der Waals surface area (Å²) in [5.41, 5.74) is 3.14. The number of benzene rings is 2. The van der Waals surface area contributed by atoms with Crippen LogP contribution in [0.5, 0.6) is 11.5 Å². The average molecular weight is 504 g/mol. The molecule has 2 aromatic heterocycles. The molecule has 4 rings (SSSR count). The van der Waals surface area contributed by atoms with Gasteiger partial charge in [0.1, 0.15) is 0 Å². The van der Waals surface area contributed by atoms with E-state index in [4.69, 9.17) is 9.47 Å². The molecule has 4 aromatic rings. The Labute approximate surface area is 207 Å². The third-order valence-corrected chi connectivity index (χ3v) is 5.83. The van der Waals surface area contributed by atoms with Gasteiger partial charge in [0.25, 0.3) is 0 Å². The largest absolute Gasteiger partial charge is 0.493 e. The first-order valence-corrected chi connectivity index (χ1v) is 11.3.